The summed E-state index contributed by atoms with van der Waals surface area (Å²) in [6, 6.07) is 0. The number of aryl methyl sites for hydroxylation is 2. The lowest BCUT2D eigenvalue weighted by Gasteiger charge is -2.34. The number of guanidine groups is 1. The van der Waals surface area contributed by atoms with Gasteiger partial charge in [-0.1, -0.05) is 6.92 Å². The van der Waals surface area contributed by atoms with Gasteiger partial charge < -0.3 is 20.4 Å². The highest BCUT2D eigenvalue weighted by molar-refractivity contribution is 14.0. The number of nitrogens with zero attached hydrogens (tertiary/aromatic N) is 4. The molecule has 6 nitrogen and oxygen atoms in total. The van der Waals surface area contributed by atoms with Crippen LogP contribution in [0.5, 0.6) is 0 Å². The van der Waals surface area contributed by atoms with Gasteiger partial charge in [0.05, 0.1) is 17.2 Å². The summed E-state index contributed by atoms with van der Waals surface area (Å²) in [4.78, 5) is 15.0. The summed E-state index contributed by atoms with van der Waals surface area (Å²) < 4.78 is 0. The Morgan fingerprint density at radius 2 is 1.92 bits per heavy atom. The Bertz CT molecular complexity index is 539. The summed E-state index contributed by atoms with van der Waals surface area (Å²) in [7, 11) is 4.02. The minimum Gasteiger partial charge on any atom is -0.356 e. The quantitative estimate of drug-likeness (QED) is 0.370. The van der Waals surface area contributed by atoms with E-state index in [4.69, 9.17) is 0 Å². The van der Waals surface area contributed by atoms with Gasteiger partial charge in [0.2, 0.25) is 0 Å². The molecule has 1 atom stereocenters. The Labute approximate surface area is 173 Å². The van der Waals surface area contributed by atoms with E-state index in [1.54, 1.807) is 11.3 Å². The Morgan fingerprint density at radius 3 is 2.48 bits per heavy atom. The maximum Gasteiger partial charge on any atom is 0.191 e. The normalized spacial score (nSPS) is 17.9. The molecule has 0 radical (unpaired) electrons. The number of hydrogen-bond donors (Lipinski definition) is 2. The number of piperazine rings is 1. The summed E-state index contributed by atoms with van der Waals surface area (Å²) in [5.41, 5.74) is 1.11. The molecular weight excluding hydrogens is 447 g/mol. The molecule has 0 bridgehead atoms. The predicted molar refractivity (Wildman–Crippen MR) is 118 cm³/mol. The monoisotopic (exact) mass is 480 g/mol. The van der Waals surface area contributed by atoms with E-state index < -0.39 is 0 Å². The highest BCUT2D eigenvalue weighted by atomic mass is 127. The van der Waals surface area contributed by atoms with E-state index in [2.05, 4.69) is 51.3 Å². The van der Waals surface area contributed by atoms with Gasteiger partial charge in [-0.05, 0) is 26.8 Å². The molecule has 1 aromatic rings. The van der Waals surface area contributed by atoms with E-state index in [1.165, 1.54) is 31.1 Å². The molecule has 2 rings (SSSR count). The summed E-state index contributed by atoms with van der Waals surface area (Å²) in [6.07, 6.45) is 0. The molecule has 0 amide bonds. The zero-order valence-electron chi connectivity index (χ0n) is 16.1. The zero-order valence-corrected chi connectivity index (χ0v) is 19.3. The summed E-state index contributed by atoms with van der Waals surface area (Å²) in [6.45, 7) is 14.0. The van der Waals surface area contributed by atoms with Crippen molar-refractivity contribution in [2.75, 3.05) is 53.4 Å². The van der Waals surface area contributed by atoms with E-state index in [9.17, 15) is 0 Å². The van der Waals surface area contributed by atoms with Crippen molar-refractivity contribution in [3.63, 3.8) is 0 Å². The van der Waals surface area contributed by atoms with Crippen molar-refractivity contribution in [3.8, 4) is 0 Å². The molecule has 0 aliphatic carbocycles. The predicted octanol–water partition coefficient (Wildman–Crippen LogP) is 1.93. The number of hydrogen-bond acceptors (Lipinski definition) is 5. The van der Waals surface area contributed by atoms with Crippen LogP contribution in [-0.2, 0) is 6.54 Å². The second-order valence-electron chi connectivity index (χ2n) is 6.76. The van der Waals surface area contributed by atoms with Crippen LogP contribution in [0.15, 0.2) is 4.99 Å². The topological polar surface area (TPSA) is 55.8 Å². The van der Waals surface area contributed by atoms with E-state index in [-0.39, 0.29) is 24.0 Å². The van der Waals surface area contributed by atoms with Gasteiger partial charge in [0.15, 0.2) is 5.96 Å². The third-order valence-electron chi connectivity index (χ3n) is 4.42. The summed E-state index contributed by atoms with van der Waals surface area (Å²) in [5, 5.41) is 7.96. The molecule has 144 valence electrons. The molecule has 0 spiro atoms. The number of rotatable bonds is 6. The number of nitrogens with one attached hydrogen (secondary N) is 2. The average molecular weight is 480 g/mol. The van der Waals surface area contributed by atoms with Gasteiger partial charge in [-0.3, -0.25) is 4.99 Å². The van der Waals surface area contributed by atoms with Gasteiger partial charge >= 0.3 is 0 Å². The van der Waals surface area contributed by atoms with E-state index in [0.29, 0.717) is 5.92 Å². The van der Waals surface area contributed by atoms with Gasteiger partial charge in [0.1, 0.15) is 0 Å². The molecule has 0 saturated carbocycles. The molecule has 1 aromatic heterocycles. The number of aliphatic imine (C=N–C) groups is 1. The first-order chi connectivity index (χ1) is 11.5. The minimum atomic E-state index is 0. The second kappa shape index (κ2) is 11.3. The second-order valence-corrected chi connectivity index (χ2v) is 8.04. The summed E-state index contributed by atoms with van der Waals surface area (Å²) >= 11 is 1.75. The van der Waals surface area contributed by atoms with Crippen molar-refractivity contribution < 1.29 is 0 Å². The zero-order chi connectivity index (χ0) is 17.5. The molecule has 2 N–H and O–H groups in total. The maximum atomic E-state index is 4.47. The van der Waals surface area contributed by atoms with E-state index in [0.717, 1.165) is 36.3 Å². The fourth-order valence-corrected chi connectivity index (χ4v) is 3.81. The van der Waals surface area contributed by atoms with Gasteiger partial charge in [-0.15, -0.1) is 35.3 Å². The summed E-state index contributed by atoms with van der Waals surface area (Å²) in [5.74, 6) is 1.46. The molecule has 1 unspecified atom stereocenters. The lowest BCUT2D eigenvalue weighted by atomic mass is 10.1. The first-order valence-electron chi connectivity index (χ1n) is 8.76. The Hall–Kier alpha value is -0.450. The fraction of sp³-hybridized carbons (Fsp3) is 0.765. The van der Waals surface area contributed by atoms with Crippen molar-refractivity contribution >= 4 is 41.3 Å². The molecule has 1 saturated heterocycles. The molecule has 1 aliphatic heterocycles. The smallest absolute Gasteiger partial charge is 0.191 e. The molecule has 1 aliphatic rings. The Balaban J connectivity index is 0.00000312. The first-order valence-corrected chi connectivity index (χ1v) is 9.58. The highest BCUT2D eigenvalue weighted by Gasteiger charge is 2.16. The van der Waals surface area contributed by atoms with Gasteiger partial charge in [0, 0.05) is 51.2 Å². The molecule has 25 heavy (non-hydrogen) atoms. The lowest BCUT2D eigenvalue weighted by Crippen LogP contribution is -2.47. The van der Waals surface area contributed by atoms with Crippen LogP contribution in [0.3, 0.4) is 0 Å². The fourth-order valence-electron chi connectivity index (χ4n) is 2.93. The molecule has 8 heteroatoms. The molecule has 1 fully saturated rings. The van der Waals surface area contributed by atoms with Gasteiger partial charge in [-0.25, -0.2) is 4.98 Å². The van der Waals surface area contributed by atoms with Crippen LogP contribution in [-0.4, -0.2) is 74.1 Å². The standard InChI is InChI=1S/C17H32N6S.HI/c1-13(12-23-8-6-22(5)7-9-23)10-19-17(18-4)20-11-16-14(2)21-15(3)24-16;/h13H,6-12H2,1-5H3,(H2,18,19,20);1H. The number of likely N-dealkylation sites (N-methyl/N-ethyl adjacent to an activating group) is 1. The molecule has 2 heterocycles. The van der Waals surface area contributed by atoms with Crippen molar-refractivity contribution in [1.82, 2.24) is 25.4 Å². The van der Waals surface area contributed by atoms with Crippen LogP contribution in [0, 0.1) is 19.8 Å². The van der Waals surface area contributed by atoms with Crippen molar-refractivity contribution in [3.05, 3.63) is 15.6 Å². The third-order valence-corrected chi connectivity index (χ3v) is 5.50. The highest BCUT2D eigenvalue weighted by Crippen LogP contribution is 2.16. The SMILES string of the molecule is CN=C(NCc1sc(C)nc1C)NCC(C)CN1CCN(C)CC1.I. The first kappa shape index (κ1) is 22.6. The molecular formula is C17H33IN6S. The van der Waals surface area contributed by atoms with Crippen LogP contribution < -0.4 is 10.6 Å². The van der Waals surface area contributed by atoms with Crippen LogP contribution in [0.4, 0.5) is 0 Å². The number of thiazole rings is 1. The van der Waals surface area contributed by atoms with Crippen LogP contribution in [0.25, 0.3) is 0 Å². The van der Waals surface area contributed by atoms with Crippen LogP contribution >= 0.6 is 35.3 Å². The van der Waals surface area contributed by atoms with Crippen molar-refractivity contribution in [2.24, 2.45) is 10.9 Å². The maximum absolute atomic E-state index is 4.47. The minimum absolute atomic E-state index is 0. The van der Waals surface area contributed by atoms with Gasteiger partial charge in [-0.2, -0.15) is 0 Å². The van der Waals surface area contributed by atoms with Crippen LogP contribution in [0.1, 0.15) is 22.5 Å². The van der Waals surface area contributed by atoms with Gasteiger partial charge in [0.25, 0.3) is 0 Å². The van der Waals surface area contributed by atoms with E-state index >= 15 is 0 Å². The largest absolute Gasteiger partial charge is 0.356 e. The van der Waals surface area contributed by atoms with Crippen LogP contribution in [0.2, 0.25) is 0 Å². The third kappa shape index (κ3) is 7.76. The Morgan fingerprint density at radius 1 is 1.24 bits per heavy atom. The van der Waals surface area contributed by atoms with Crippen molar-refractivity contribution in [1.29, 1.82) is 0 Å². The number of aromatic nitrogens is 1. The Kier molecular flexibility index (Phi) is 10.2. The van der Waals surface area contributed by atoms with Crippen molar-refractivity contribution in [2.45, 2.75) is 27.3 Å². The van der Waals surface area contributed by atoms with E-state index in [1.807, 2.05) is 14.0 Å². The lowest BCUT2D eigenvalue weighted by molar-refractivity contribution is 0.139. The number of halogens is 1. The molecule has 0 aromatic carbocycles. The average Bonchev–Trinajstić information content (AvgIpc) is 2.87.